The molecule has 4 N–H and O–H groups in total. The highest BCUT2D eigenvalue weighted by Gasteiger charge is 2.30. The molecule has 90 valence electrons. The molecule has 2 aliphatic rings. The van der Waals surface area contributed by atoms with Crippen molar-refractivity contribution < 1.29 is 9.59 Å². The monoisotopic (exact) mass is 225 g/mol. The maximum Gasteiger partial charge on any atom is 0.242 e. The van der Waals surface area contributed by atoms with Crippen LogP contribution in [0.1, 0.15) is 38.5 Å². The first kappa shape index (κ1) is 11.4. The Morgan fingerprint density at radius 3 is 2.69 bits per heavy atom. The molecule has 0 aromatic heterocycles. The van der Waals surface area contributed by atoms with Crippen LogP contribution < -0.4 is 16.4 Å². The molecule has 3 atom stereocenters. The summed E-state index contributed by atoms with van der Waals surface area (Å²) < 4.78 is 0. The third-order valence-electron chi connectivity index (χ3n) is 3.46. The van der Waals surface area contributed by atoms with Gasteiger partial charge in [0.15, 0.2) is 0 Å². The lowest BCUT2D eigenvalue weighted by Crippen LogP contribution is -2.53. The van der Waals surface area contributed by atoms with Gasteiger partial charge in [0, 0.05) is 18.5 Å². The van der Waals surface area contributed by atoms with Gasteiger partial charge in [-0.15, -0.1) is 0 Å². The zero-order valence-corrected chi connectivity index (χ0v) is 9.37. The molecule has 2 amide bonds. The highest BCUT2D eigenvalue weighted by Crippen LogP contribution is 2.17. The van der Waals surface area contributed by atoms with E-state index >= 15 is 0 Å². The van der Waals surface area contributed by atoms with Crippen LogP contribution in [0.15, 0.2) is 0 Å². The number of carbonyl (C=O) groups is 2. The summed E-state index contributed by atoms with van der Waals surface area (Å²) in [4.78, 5) is 22.8. The standard InChI is InChI=1S/C11H19N3O2/c12-7-3-1-2-4-8(7)14-11(16)9-5-6-10(15)13-9/h7-9H,1-6,12H2,(H,13,15)(H,14,16)/t7-,8-,9?/m1/s1. The third-order valence-corrected chi connectivity index (χ3v) is 3.46. The summed E-state index contributed by atoms with van der Waals surface area (Å²) in [6, 6.07) is -0.199. The van der Waals surface area contributed by atoms with E-state index in [9.17, 15) is 9.59 Å². The van der Waals surface area contributed by atoms with Gasteiger partial charge in [-0.25, -0.2) is 0 Å². The fraction of sp³-hybridized carbons (Fsp3) is 0.818. The molecule has 1 saturated carbocycles. The van der Waals surface area contributed by atoms with Crippen molar-refractivity contribution in [1.82, 2.24) is 10.6 Å². The summed E-state index contributed by atoms with van der Waals surface area (Å²) in [7, 11) is 0. The number of rotatable bonds is 2. The lowest BCUT2D eigenvalue weighted by Gasteiger charge is -2.30. The van der Waals surface area contributed by atoms with Crippen LogP contribution in [0.2, 0.25) is 0 Å². The molecular weight excluding hydrogens is 206 g/mol. The smallest absolute Gasteiger partial charge is 0.242 e. The molecule has 1 saturated heterocycles. The van der Waals surface area contributed by atoms with E-state index in [0.717, 1.165) is 25.7 Å². The van der Waals surface area contributed by atoms with Crippen molar-refractivity contribution in [2.75, 3.05) is 0 Å². The normalized spacial score (nSPS) is 34.6. The first-order valence-electron chi connectivity index (χ1n) is 6.02. The zero-order valence-electron chi connectivity index (χ0n) is 9.37. The van der Waals surface area contributed by atoms with Crippen LogP contribution in [0.25, 0.3) is 0 Å². The molecule has 0 radical (unpaired) electrons. The molecular formula is C11H19N3O2. The van der Waals surface area contributed by atoms with Crippen molar-refractivity contribution in [3.8, 4) is 0 Å². The van der Waals surface area contributed by atoms with Crippen molar-refractivity contribution in [2.45, 2.75) is 56.7 Å². The van der Waals surface area contributed by atoms with Crippen molar-refractivity contribution >= 4 is 11.8 Å². The molecule has 0 aromatic carbocycles. The lowest BCUT2D eigenvalue weighted by molar-refractivity contribution is -0.126. The van der Waals surface area contributed by atoms with E-state index in [0.29, 0.717) is 12.8 Å². The second-order valence-electron chi connectivity index (χ2n) is 4.72. The van der Waals surface area contributed by atoms with Crippen LogP contribution in [0.5, 0.6) is 0 Å². The average molecular weight is 225 g/mol. The van der Waals surface area contributed by atoms with Gasteiger partial charge in [-0.1, -0.05) is 12.8 Å². The summed E-state index contributed by atoms with van der Waals surface area (Å²) in [6.45, 7) is 0. The Morgan fingerprint density at radius 1 is 1.31 bits per heavy atom. The van der Waals surface area contributed by atoms with E-state index < -0.39 is 0 Å². The average Bonchev–Trinajstić information content (AvgIpc) is 2.68. The lowest BCUT2D eigenvalue weighted by atomic mass is 9.91. The maximum atomic E-state index is 11.8. The van der Waals surface area contributed by atoms with E-state index in [1.807, 2.05) is 0 Å². The minimum Gasteiger partial charge on any atom is -0.350 e. The predicted octanol–water partition coefficient (Wildman–Crippen LogP) is -0.349. The number of carbonyl (C=O) groups excluding carboxylic acids is 2. The van der Waals surface area contributed by atoms with Crippen LogP contribution in [0.3, 0.4) is 0 Å². The SMILES string of the molecule is N[C@@H]1CCCC[C@H]1NC(=O)C1CCC(=O)N1. The number of nitrogens with two attached hydrogens (primary N) is 1. The number of nitrogens with one attached hydrogen (secondary N) is 2. The first-order chi connectivity index (χ1) is 7.66. The van der Waals surface area contributed by atoms with E-state index in [2.05, 4.69) is 10.6 Å². The summed E-state index contributed by atoms with van der Waals surface area (Å²) in [6.07, 6.45) is 5.25. The van der Waals surface area contributed by atoms with Gasteiger partial charge >= 0.3 is 0 Å². The topological polar surface area (TPSA) is 84.2 Å². The third kappa shape index (κ3) is 2.52. The second kappa shape index (κ2) is 4.82. The van der Waals surface area contributed by atoms with Gasteiger partial charge in [0.25, 0.3) is 0 Å². The minimum absolute atomic E-state index is 0.0342. The van der Waals surface area contributed by atoms with Crippen LogP contribution >= 0.6 is 0 Å². The van der Waals surface area contributed by atoms with E-state index in [1.165, 1.54) is 0 Å². The molecule has 1 aliphatic carbocycles. The molecule has 0 spiro atoms. The van der Waals surface area contributed by atoms with Crippen molar-refractivity contribution in [3.05, 3.63) is 0 Å². The van der Waals surface area contributed by atoms with Crippen LogP contribution in [-0.4, -0.2) is 29.9 Å². The Bertz CT molecular complexity index is 293. The van der Waals surface area contributed by atoms with Crippen molar-refractivity contribution in [2.24, 2.45) is 5.73 Å². The second-order valence-corrected chi connectivity index (χ2v) is 4.72. The molecule has 16 heavy (non-hydrogen) atoms. The van der Waals surface area contributed by atoms with Gasteiger partial charge in [-0.05, 0) is 19.3 Å². The fourth-order valence-corrected chi connectivity index (χ4v) is 2.43. The minimum atomic E-state index is -0.346. The molecule has 2 fully saturated rings. The summed E-state index contributed by atoms with van der Waals surface area (Å²) in [5.74, 6) is -0.110. The maximum absolute atomic E-state index is 11.8. The highest BCUT2D eigenvalue weighted by molar-refractivity contribution is 5.90. The van der Waals surface area contributed by atoms with Crippen LogP contribution in [0.4, 0.5) is 0 Å². The molecule has 1 aliphatic heterocycles. The van der Waals surface area contributed by atoms with Crippen molar-refractivity contribution in [1.29, 1.82) is 0 Å². The summed E-state index contributed by atoms with van der Waals surface area (Å²) in [5, 5.41) is 5.62. The van der Waals surface area contributed by atoms with Gasteiger partial charge in [0.05, 0.1) is 0 Å². The Hall–Kier alpha value is -1.10. The highest BCUT2D eigenvalue weighted by atomic mass is 16.2. The molecule has 1 heterocycles. The predicted molar refractivity (Wildman–Crippen MR) is 59.5 cm³/mol. The molecule has 1 unspecified atom stereocenters. The van der Waals surface area contributed by atoms with Crippen molar-refractivity contribution in [3.63, 3.8) is 0 Å². The Kier molecular flexibility index (Phi) is 3.43. The fourth-order valence-electron chi connectivity index (χ4n) is 2.43. The Labute approximate surface area is 95.1 Å². The first-order valence-corrected chi connectivity index (χ1v) is 6.02. The van der Waals surface area contributed by atoms with Gasteiger partial charge in [0.1, 0.15) is 6.04 Å². The Morgan fingerprint density at radius 2 is 2.06 bits per heavy atom. The van der Waals surface area contributed by atoms with Crippen LogP contribution in [0, 0.1) is 0 Å². The summed E-state index contributed by atoms with van der Waals surface area (Å²) in [5.41, 5.74) is 5.95. The zero-order chi connectivity index (χ0) is 11.5. The largest absolute Gasteiger partial charge is 0.350 e. The van der Waals surface area contributed by atoms with E-state index in [4.69, 9.17) is 5.73 Å². The van der Waals surface area contributed by atoms with Gasteiger partial charge in [-0.2, -0.15) is 0 Å². The van der Waals surface area contributed by atoms with Gasteiger partial charge < -0.3 is 16.4 Å². The molecule has 2 rings (SSSR count). The Balaban J connectivity index is 1.84. The number of hydrogen-bond donors (Lipinski definition) is 3. The molecule has 5 nitrogen and oxygen atoms in total. The van der Waals surface area contributed by atoms with Crippen LogP contribution in [-0.2, 0) is 9.59 Å². The number of amides is 2. The van der Waals surface area contributed by atoms with Gasteiger partial charge in [-0.3, -0.25) is 9.59 Å². The van der Waals surface area contributed by atoms with E-state index in [1.54, 1.807) is 0 Å². The molecule has 5 heteroatoms. The number of hydrogen-bond acceptors (Lipinski definition) is 3. The van der Waals surface area contributed by atoms with E-state index in [-0.39, 0.29) is 29.9 Å². The summed E-state index contributed by atoms with van der Waals surface area (Å²) >= 11 is 0. The quantitative estimate of drug-likeness (QED) is 0.600. The molecule has 0 aromatic rings. The van der Waals surface area contributed by atoms with Gasteiger partial charge in [0.2, 0.25) is 11.8 Å². The molecule has 0 bridgehead atoms.